The Morgan fingerprint density at radius 2 is 2.07 bits per heavy atom. The van der Waals surface area contributed by atoms with E-state index in [1.165, 1.54) is 6.07 Å². The molecule has 0 radical (unpaired) electrons. The maximum Gasteiger partial charge on any atom is 0.183 e. The van der Waals surface area contributed by atoms with Crippen LogP contribution in [0.4, 0.5) is 4.39 Å². The summed E-state index contributed by atoms with van der Waals surface area (Å²) in [4.78, 5) is 5.40. The molecule has 2 rings (SSSR count). The van der Waals surface area contributed by atoms with E-state index in [0.29, 0.717) is 5.02 Å². The van der Waals surface area contributed by atoms with Gasteiger partial charge in [-0.25, -0.2) is 4.39 Å². The molecule has 15 heavy (non-hydrogen) atoms. The van der Waals surface area contributed by atoms with Crippen molar-refractivity contribution in [2.75, 3.05) is 26.2 Å². The van der Waals surface area contributed by atoms with Crippen LogP contribution in [-0.4, -0.2) is 31.2 Å². The Labute approximate surface area is 92.7 Å². The van der Waals surface area contributed by atoms with Gasteiger partial charge in [0.15, 0.2) is 11.6 Å². The second-order valence-corrected chi connectivity index (χ2v) is 3.78. The molecule has 82 valence electrons. The molecule has 1 aromatic rings. The first-order valence-electron chi connectivity index (χ1n) is 4.84. The fourth-order valence-electron chi connectivity index (χ4n) is 1.42. The summed E-state index contributed by atoms with van der Waals surface area (Å²) in [6.45, 7) is 3.22. The summed E-state index contributed by atoms with van der Waals surface area (Å²) in [6, 6.07) is 4.40. The van der Waals surface area contributed by atoms with Crippen molar-refractivity contribution in [1.82, 2.24) is 10.4 Å². The number of nitrogens with zero attached hydrogens (tertiary/aromatic N) is 1. The molecule has 0 bridgehead atoms. The SMILES string of the molecule is Fc1cc(Cl)ccc1ON1CCNCC1. The summed E-state index contributed by atoms with van der Waals surface area (Å²) in [5, 5.41) is 5.30. The van der Waals surface area contributed by atoms with E-state index >= 15 is 0 Å². The van der Waals surface area contributed by atoms with Crippen molar-refractivity contribution in [2.45, 2.75) is 0 Å². The van der Waals surface area contributed by atoms with Gasteiger partial charge in [0.05, 0.1) is 0 Å². The number of piperazine rings is 1. The number of hydrogen-bond donors (Lipinski definition) is 1. The van der Waals surface area contributed by atoms with Crippen LogP contribution in [0.25, 0.3) is 0 Å². The third-order valence-electron chi connectivity index (χ3n) is 2.20. The Kier molecular flexibility index (Phi) is 3.41. The van der Waals surface area contributed by atoms with Gasteiger partial charge in [0.2, 0.25) is 0 Å². The molecule has 1 aromatic carbocycles. The normalized spacial score (nSPS) is 17.7. The van der Waals surface area contributed by atoms with Crippen molar-refractivity contribution >= 4 is 11.6 Å². The zero-order chi connectivity index (χ0) is 10.7. The van der Waals surface area contributed by atoms with Crippen LogP contribution in [0.15, 0.2) is 18.2 Å². The van der Waals surface area contributed by atoms with E-state index in [1.54, 1.807) is 17.2 Å². The number of nitrogens with one attached hydrogen (secondary N) is 1. The summed E-state index contributed by atoms with van der Waals surface area (Å²) in [5.41, 5.74) is 0. The molecule has 0 unspecified atom stereocenters. The quantitative estimate of drug-likeness (QED) is 0.837. The lowest BCUT2D eigenvalue weighted by atomic mass is 10.3. The summed E-state index contributed by atoms with van der Waals surface area (Å²) < 4.78 is 13.4. The fourth-order valence-corrected chi connectivity index (χ4v) is 1.58. The predicted octanol–water partition coefficient (Wildman–Crippen LogP) is 1.68. The maximum absolute atomic E-state index is 13.4. The second-order valence-electron chi connectivity index (χ2n) is 3.35. The summed E-state index contributed by atoms with van der Waals surface area (Å²) >= 11 is 5.64. The lowest BCUT2D eigenvalue weighted by Crippen LogP contribution is -2.45. The standard InChI is InChI=1S/C10H12ClFN2O/c11-8-1-2-10(9(12)7-8)15-14-5-3-13-4-6-14/h1-2,7,13H,3-6H2. The van der Waals surface area contributed by atoms with Crippen molar-refractivity contribution in [1.29, 1.82) is 0 Å². The van der Waals surface area contributed by atoms with E-state index in [1.807, 2.05) is 0 Å². The van der Waals surface area contributed by atoms with Crippen molar-refractivity contribution in [3.05, 3.63) is 29.0 Å². The minimum Gasteiger partial charge on any atom is -0.403 e. The monoisotopic (exact) mass is 230 g/mol. The van der Waals surface area contributed by atoms with Crippen molar-refractivity contribution in [2.24, 2.45) is 0 Å². The van der Waals surface area contributed by atoms with Crippen LogP contribution in [0.2, 0.25) is 5.02 Å². The molecule has 1 saturated heterocycles. The van der Waals surface area contributed by atoms with E-state index in [4.69, 9.17) is 16.4 Å². The molecule has 0 saturated carbocycles. The topological polar surface area (TPSA) is 24.5 Å². The minimum atomic E-state index is -0.430. The Morgan fingerprint density at radius 3 is 2.73 bits per heavy atom. The van der Waals surface area contributed by atoms with Crippen LogP contribution in [0.3, 0.4) is 0 Å². The smallest absolute Gasteiger partial charge is 0.183 e. The fraction of sp³-hybridized carbons (Fsp3) is 0.400. The highest BCUT2D eigenvalue weighted by atomic mass is 35.5. The van der Waals surface area contributed by atoms with Gasteiger partial charge in [0, 0.05) is 31.2 Å². The highest BCUT2D eigenvalue weighted by Crippen LogP contribution is 2.21. The number of benzene rings is 1. The molecular weight excluding hydrogens is 219 g/mol. The van der Waals surface area contributed by atoms with Crippen LogP contribution in [0.1, 0.15) is 0 Å². The van der Waals surface area contributed by atoms with Gasteiger partial charge in [0.1, 0.15) is 0 Å². The Hall–Kier alpha value is -0.840. The molecule has 0 aromatic heterocycles. The summed E-state index contributed by atoms with van der Waals surface area (Å²) in [7, 11) is 0. The van der Waals surface area contributed by atoms with Crippen molar-refractivity contribution in [3.8, 4) is 5.75 Å². The number of hydrogen-bond acceptors (Lipinski definition) is 3. The molecule has 0 aliphatic carbocycles. The highest BCUT2D eigenvalue weighted by Gasteiger charge is 2.13. The molecule has 0 amide bonds. The van der Waals surface area contributed by atoms with Crippen LogP contribution in [0.5, 0.6) is 5.75 Å². The van der Waals surface area contributed by atoms with Gasteiger partial charge in [-0.3, -0.25) is 0 Å². The van der Waals surface area contributed by atoms with Crippen LogP contribution < -0.4 is 10.2 Å². The van der Waals surface area contributed by atoms with Gasteiger partial charge in [0.25, 0.3) is 0 Å². The summed E-state index contributed by atoms with van der Waals surface area (Å²) in [5.74, 6) is -0.206. The van der Waals surface area contributed by atoms with E-state index in [-0.39, 0.29) is 5.75 Å². The van der Waals surface area contributed by atoms with E-state index < -0.39 is 5.82 Å². The molecule has 1 N–H and O–H groups in total. The molecule has 1 fully saturated rings. The first-order chi connectivity index (χ1) is 7.25. The molecule has 0 atom stereocenters. The molecular formula is C10H12ClFN2O. The number of halogens is 2. The van der Waals surface area contributed by atoms with Crippen molar-refractivity contribution in [3.63, 3.8) is 0 Å². The van der Waals surface area contributed by atoms with Gasteiger partial charge in [-0.2, -0.15) is 0 Å². The lowest BCUT2D eigenvalue weighted by Gasteiger charge is -2.26. The van der Waals surface area contributed by atoms with Gasteiger partial charge in [-0.1, -0.05) is 11.6 Å². The maximum atomic E-state index is 13.4. The minimum absolute atomic E-state index is 0.223. The zero-order valence-electron chi connectivity index (χ0n) is 8.17. The van der Waals surface area contributed by atoms with Gasteiger partial charge in [-0.05, 0) is 18.2 Å². The van der Waals surface area contributed by atoms with E-state index in [2.05, 4.69) is 5.32 Å². The predicted molar refractivity (Wildman–Crippen MR) is 56.5 cm³/mol. The zero-order valence-corrected chi connectivity index (χ0v) is 8.93. The highest BCUT2D eigenvalue weighted by molar-refractivity contribution is 6.30. The van der Waals surface area contributed by atoms with Crippen LogP contribution in [-0.2, 0) is 0 Å². The molecule has 0 spiro atoms. The lowest BCUT2D eigenvalue weighted by molar-refractivity contribution is -0.0693. The molecule has 1 aliphatic heterocycles. The average Bonchev–Trinajstić information content (AvgIpc) is 2.24. The van der Waals surface area contributed by atoms with Crippen LogP contribution in [0, 0.1) is 5.82 Å². The van der Waals surface area contributed by atoms with E-state index in [0.717, 1.165) is 26.2 Å². The Bertz CT molecular complexity index is 342. The van der Waals surface area contributed by atoms with Gasteiger partial charge in [-0.15, -0.1) is 5.06 Å². The van der Waals surface area contributed by atoms with Crippen molar-refractivity contribution < 1.29 is 9.23 Å². The average molecular weight is 231 g/mol. The molecule has 5 heteroatoms. The third kappa shape index (κ3) is 2.81. The first kappa shape index (κ1) is 10.7. The number of rotatable bonds is 2. The largest absolute Gasteiger partial charge is 0.403 e. The Balaban J connectivity index is 2.03. The molecule has 3 nitrogen and oxygen atoms in total. The third-order valence-corrected chi connectivity index (χ3v) is 2.43. The first-order valence-corrected chi connectivity index (χ1v) is 5.22. The van der Waals surface area contributed by atoms with Gasteiger partial charge >= 0.3 is 0 Å². The van der Waals surface area contributed by atoms with E-state index in [9.17, 15) is 4.39 Å². The Morgan fingerprint density at radius 1 is 1.33 bits per heavy atom. The summed E-state index contributed by atoms with van der Waals surface area (Å²) in [6.07, 6.45) is 0. The van der Waals surface area contributed by atoms with Crippen LogP contribution >= 0.6 is 11.6 Å². The molecule has 1 heterocycles. The van der Waals surface area contributed by atoms with Gasteiger partial charge < -0.3 is 10.2 Å². The number of hydroxylamine groups is 2. The molecule has 1 aliphatic rings. The second kappa shape index (κ2) is 4.79.